The first-order valence-corrected chi connectivity index (χ1v) is 9.41. The van der Waals surface area contributed by atoms with Crippen molar-refractivity contribution in [3.63, 3.8) is 0 Å². The normalized spacial score (nSPS) is 10.4. The fraction of sp³-hybridized carbons (Fsp3) is 0.273. The monoisotopic (exact) mass is 323 g/mol. The van der Waals surface area contributed by atoms with Crippen LogP contribution in [-0.2, 0) is 0 Å². The number of nitrogens with zero attached hydrogens (tertiary/aromatic N) is 3. The van der Waals surface area contributed by atoms with Crippen LogP contribution in [0.25, 0.3) is 5.69 Å². The zero-order valence-electron chi connectivity index (χ0n) is 12.8. The molecule has 0 N–H and O–H groups in total. The second-order valence-electron chi connectivity index (χ2n) is 5.42. The van der Waals surface area contributed by atoms with Gasteiger partial charge in [0.05, 0.1) is 0 Å². The molecule has 0 aliphatic rings. The molecule has 2 aromatic rings. The van der Waals surface area contributed by atoms with Crippen LogP contribution in [-0.4, -0.2) is 87.0 Å². The molecule has 90 valence electrons. The number of hydrogen-bond acceptors (Lipinski definition) is 2. The molecule has 1 aromatic heterocycles. The molecule has 0 radical (unpaired) electrons. The summed E-state index contributed by atoms with van der Waals surface area (Å²) < 4.78 is 3.52. The van der Waals surface area contributed by atoms with Gasteiger partial charge in [-0.25, -0.2) is 0 Å². The molecule has 3 nitrogen and oxygen atoms in total. The van der Waals surface area contributed by atoms with Crippen molar-refractivity contribution < 1.29 is 0 Å². The predicted molar refractivity (Wildman–Crippen MR) is 92.0 cm³/mol. The Kier molecular flexibility index (Phi) is 5.10. The van der Waals surface area contributed by atoms with Crippen molar-refractivity contribution in [3.05, 3.63) is 29.3 Å². The molecule has 0 aliphatic heterocycles. The van der Waals surface area contributed by atoms with Crippen LogP contribution in [0.5, 0.6) is 0 Å². The van der Waals surface area contributed by atoms with Gasteiger partial charge in [0.2, 0.25) is 0 Å². The first-order valence-electron chi connectivity index (χ1n) is 6.95. The van der Waals surface area contributed by atoms with Gasteiger partial charge in [-0.05, 0) is 0 Å². The van der Waals surface area contributed by atoms with Gasteiger partial charge in [-0.3, -0.25) is 0 Å². The van der Waals surface area contributed by atoms with E-state index in [1.54, 1.807) is 0.534 Å². The van der Waals surface area contributed by atoms with Gasteiger partial charge < -0.3 is 0 Å². The van der Waals surface area contributed by atoms with Gasteiger partial charge in [0.15, 0.2) is 0 Å². The predicted octanol–water partition coefficient (Wildman–Crippen LogP) is -2.97. The molecule has 1 aromatic carbocycles. The molecular formula is C11H17B4N3Sr. The Hall–Kier alpha value is 0.100. The second-order valence-corrected chi connectivity index (χ2v) is 8.07. The van der Waals surface area contributed by atoms with Crippen molar-refractivity contribution in [3.8, 4) is 5.69 Å². The summed E-state index contributed by atoms with van der Waals surface area (Å²) in [7, 11) is 5.78. The van der Waals surface area contributed by atoms with Crippen molar-refractivity contribution in [1.82, 2.24) is 14.8 Å². The number of benzene rings is 1. The van der Waals surface area contributed by atoms with Crippen molar-refractivity contribution in [2.75, 3.05) is 0 Å². The molecule has 0 fully saturated rings. The van der Waals surface area contributed by atoms with E-state index in [1.807, 2.05) is 18.5 Å². The third kappa shape index (κ3) is 3.23. The van der Waals surface area contributed by atoms with Crippen LogP contribution in [0, 0.1) is 20.8 Å². The molecule has 0 spiro atoms. The summed E-state index contributed by atoms with van der Waals surface area (Å²) in [4.78, 5) is 4.40. The van der Waals surface area contributed by atoms with E-state index in [0.29, 0.717) is 49.7 Å². The zero-order chi connectivity index (χ0) is 14.2. The van der Waals surface area contributed by atoms with Gasteiger partial charge >= 0.3 is 149 Å². The quantitative estimate of drug-likeness (QED) is 0.565. The summed E-state index contributed by atoms with van der Waals surface area (Å²) in [6, 6.07) is 4.68. The SMILES string of the molecule is BBB(B)c1cc(C)c(-n2nc(C)nc2C)c[c]1[SrH]. The average molecular weight is 322 g/mol. The van der Waals surface area contributed by atoms with Crippen molar-refractivity contribution in [1.29, 1.82) is 0 Å². The molecule has 0 saturated heterocycles. The van der Waals surface area contributed by atoms with Gasteiger partial charge in [-0.15, -0.1) is 0 Å². The fourth-order valence-electron chi connectivity index (χ4n) is 2.55. The van der Waals surface area contributed by atoms with E-state index in [9.17, 15) is 0 Å². The van der Waals surface area contributed by atoms with Crippen LogP contribution in [0.3, 0.4) is 0 Å². The van der Waals surface area contributed by atoms with E-state index in [-0.39, 0.29) is 0 Å². The molecule has 0 amide bonds. The van der Waals surface area contributed by atoms with E-state index in [1.165, 1.54) is 23.8 Å². The van der Waals surface area contributed by atoms with E-state index in [0.717, 1.165) is 11.6 Å². The Bertz CT molecular complexity index is 614. The summed E-state index contributed by atoms with van der Waals surface area (Å²) in [6.45, 7) is 6.79. The zero-order valence-corrected chi connectivity index (χ0v) is 17.7. The second kappa shape index (κ2) is 6.25. The van der Waals surface area contributed by atoms with Gasteiger partial charge in [0.1, 0.15) is 0 Å². The van der Waals surface area contributed by atoms with Crippen molar-refractivity contribution in [2.24, 2.45) is 0 Å². The Morgan fingerprint density at radius 2 is 2.00 bits per heavy atom. The fourth-order valence-corrected chi connectivity index (χ4v) is 4.79. The Labute approximate surface area is 147 Å². The Balaban J connectivity index is 2.55. The van der Waals surface area contributed by atoms with Gasteiger partial charge in [-0.2, -0.15) is 0 Å². The van der Waals surface area contributed by atoms with Crippen LogP contribution >= 0.6 is 0 Å². The molecule has 0 unspecified atom stereocenters. The maximum absolute atomic E-state index is 4.51. The first-order chi connectivity index (χ1) is 8.93. The molecule has 0 bridgehead atoms. The standard InChI is InChI=1S/C11H16B4N3.Sr.H/c1-7-6-10(15(13)14-12)4-5-11(7)18-9(3)16-8(2)17-18;;/h5-6,14H,12-13H2,1-3H3;;. The van der Waals surface area contributed by atoms with E-state index in [2.05, 4.69) is 44.6 Å². The van der Waals surface area contributed by atoms with Crippen LogP contribution in [0.4, 0.5) is 0 Å². The van der Waals surface area contributed by atoms with Crippen molar-refractivity contribution in [2.45, 2.75) is 20.8 Å². The topological polar surface area (TPSA) is 30.7 Å². The average Bonchev–Trinajstić information content (AvgIpc) is 2.69. The minimum atomic E-state index is 0.498. The van der Waals surface area contributed by atoms with Gasteiger partial charge in [0, 0.05) is 0 Å². The van der Waals surface area contributed by atoms with Crippen LogP contribution in [0.2, 0.25) is 0 Å². The van der Waals surface area contributed by atoms with Gasteiger partial charge in [0.25, 0.3) is 0 Å². The van der Waals surface area contributed by atoms with Gasteiger partial charge in [-0.1, -0.05) is 0 Å². The van der Waals surface area contributed by atoms with E-state index in [4.69, 9.17) is 0 Å². The number of hydrogen-bond donors (Lipinski definition) is 0. The number of rotatable bonds is 3. The minimum absolute atomic E-state index is 0.498. The third-order valence-electron chi connectivity index (χ3n) is 3.83. The molecule has 2 rings (SSSR count). The molecule has 0 atom stereocenters. The van der Waals surface area contributed by atoms with E-state index < -0.39 is 0 Å². The molecule has 19 heavy (non-hydrogen) atoms. The van der Waals surface area contributed by atoms with Crippen LogP contribution in [0.15, 0.2) is 12.1 Å². The summed E-state index contributed by atoms with van der Waals surface area (Å²) >= 11 is 0.498. The first kappa shape index (κ1) is 15.5. The maximum atomic E-state index is 4.51. The molecule has 8 heteroatoms. The Morgan fingerprint density at radius 3 is 2.53 bits per heavy atom. The number of aromatic nitrogens is 3. The summed E-state index contributed by atoms with van der Waals surface area (Å²) in [5.74, 6) is 1.80. The van der Waals surface area contributed by atoms with Crippen LogP contribution < -0.4 is 6.00 Å². The number of aryl methyl sites for hydroxylation is 3. The summed E-state index contributed by atoms with van der Waals surface area (Å²) in [5, 5.41) is 4.51. The van der Waals surface area contributed by atoms with Crippen molar-refractivity contribution >= 4 is 78.3 Å². The molecule has 1 heterocycles. The Morgan fingerprint density at radius 1 is 1.32 bits per heavy atom. The van der Waals surface area contributed by atoms with E-state index >= 15 is 0 Å². The third-order valence-corrected chi connectivity index (χ3v) is 5.96. The molecule has 0 saturated carbocycles. The summed E-state index contributed by atoms with van der Waals surface area (Å²) in [6.07, 6.45) is 0. The molecule has 0 aliphatic carbocycles. The molecular weight excluding hydrogens is 305 g/mol. The summed E-state index contributed by atoms with van der Waals surface area (Å²) in [5.41, 5.74) is 4.02. The van der Waals surface area contributed by atoms with Crippen LogP contribution in [0.1, 0.15) is 17.2 Å².